The molecule has 6 rings (SSSR count). The van der Waals surface area contributed by atoms with Crippen molar-refractivity contribution in [2.75, 3.05) is 17.6 Å². The van der Waals surface area contributed by atoms with Crippen LogP contribution in [0.25, 0.3) is 22.2 Å². The summed E-state index contributed by atoms with van der Waals surface area (Å²) in [6.45, 7) is 0.972. The number of aromatic nitrogens is 4. The minimum absolute atomic E-state index is 0.0517. The number of halogens is 2. The van der Waals surface area contributed by atoms with E-state index in [1.54, 1.807) is 18.2 Å². The number of thiazole rings is 1. The monoisotopic (exact) mass is 704 g/mol. The molecule has 0 atom stereocenters. The topological polar surface area (TPSA) is 119 Å². The first-order valence-electron chi connectivity index (χ1n) is 13.8. The van der Waals surface area contributed by atoms with Crippen LogP contribution in [0.1, 0.15) is 10.6 Å². The normalized spacial score (nSPS) is 11.5. The van der Waals surface area contributed by atoms with Gasteiger partial charge in [0.25, 0.3) is 0 Å². The largest absolute Gasteiger partial charge is 0.488 e. The fourth-order valence-corrected chi connectivity index (χ4v) is 6.89. The maximum absolute atomic E-state index is 13.5. The van der Waals surface area contributed by atoms with Crippen molar-refractivity contribution in [1.82, 2.24) is 25.3 Å². The van der Waals surface area contributed by atoms with E-state index in [9.17, 15) is 12.8 Å². The summed E-state index contributed by atoms with van der Waals surface area (Å²) < 4.78 is 45.0. The van der Waals surface area contributed by atoms with Gasteiger partial charge in [-0.1, -0.05) is 24.3 Å². The Morgan fingerprint density at radius 1 is 0.956 bits per heavy atom. The summed E-state index contributed by atoms with van der Waals surface area (Å²) in [7, 11) is -3.45. The third-order valence-corrected chi connectivity index (χ3v) is 9.83. The van der Waals surface area contributed by atoms with Gasteiger partial charge in [0.05, 0.1) is 21.4 Å². The minimum atomic E-state index is -3.45. The number of fused-ring (bicyclic) bond motifs is 1. The zero-order valence-corrected chi connectivity index (χ0v) is 26.9. The number of ether oxygens (including phenoxy) is 1. The van der Waals surface area contributed by atoms with Crippen molar-refractivity contribution in [2.24, 2.45) is 0 Å². The number of hydrogen-bond donors (Lipinski definition) is 2. The predicted octanol–water partition coefficient (Wildman–Crippen LogP) is 6.94. The van der Waals surface area contributed by atoms with Crippen molar-refractivity contribution >= 4 is 59.5 Å². The average Bonchev–Trinajstić information content (AvgIpc) is 3.52. The van der Waals surface area contributed by atoms with Crippen LogP contribution in [0.3, 0.4) is 0 Å². The van der Waals surface area contributed by atoms with E-state index in [1.165, 1.54) is 42.1 Å². The highest BCUT2D eigenvalue weighted by Crippen LogP contribution is 2.33. The van der Waals surface area contributed by atoms with E-state index in [4.69, 9.17) is 9.72 Å². The van der Waals surface area contributed by atoms with E-state index in [2.05, 4.69) is 41.5 Å². The molecule has 6 aromatic rings. The summed E-state index contributed by atoms with van der Waals surface area (Å²) in [6, 6.07) is 22.6. The second-order valence-electron chi connectivity index (χ2n) is 9.93. The highest BCUT2D eigenvalue weighted by Gasteiger charge is 2.15. The standard InChI is InChI=1S/C32H26BrFN6O3S2/c33-26-16-24(8-10-29(26)43-18-21-4-3-5-23(34)14-21)39-32-25-15-22(7-9-27(25)37-20-38-32)28-19-44-30(40-28)17-35-12-13-45(41,42)31-6-1-2-11-36-31/h1-11,14-16,19-20,35H,12-13,17-18H2,(H,37,38,39). The number of anilines is 2. The summed E-state index contributed by atoms with van der Waals surface area (Å²) in [5.74, 6) is 0.908. The summed E-state index contributed by atoms with van der Waals surface area (Å²) in [5.41, 5.74) is 4.01. The molecule has 9 nitrogen and oxygen atoms in total. The molecule has 0 aliphatic rings. The molecule has 0 aliphatic heterocycles. The van der Waals surface area contributed by atoms with Crippen molar-refractivity contribution in [1.29, 1.82) is 0 Å². The van der Waals surface area contributed by atoms with E-state index >= 15 is 0 Å². The lowest BCUT2D eigenvalue weighted by Gasteiger charge is -2.12. The minimum Gasteiger partial charge on any atom is -0.488 e. The summed E-state index contributed by atoms with van der Waals surface area (Å²) in [6.07, 6.45) is 2.98. The molecule has 3 aromatic carbocycles. The molecule has 0 unspecified atom stereocenters. The van der Waals surface area contributed by atoms with Gasteiger partial charge in [0.2, 0.25) is 0 Å². The third kappa shape index (κ3) is 7.68. The van der Waals surface area contributed by atoms with Crippen LogP contribution in [0.2, 0.25) is 0 Å². The second kappa shape index (κ2) is 13.8. The van der Waals surface area contributed by atoms with E-state index in [0.717, 1.165) is 42.9 Å². The molecular formula is C32H26BrFN6O3S2. The van der Waals surface area contributed by atoms with E-state index in [0.29, 0.717) is 18.1 Å². The van der Waals surface area contributed by atoms with Gasteiger partial charge in [0, 0.05) is 41.3 Å². The van der Waals surface area contributed by atoms with Crippen LogP contribution in [-0.2, 0) is 23.0 Å². The Kier molecular flexibility index (Phi) is 9.40. The molecule has 0 amide bonds. The van der Waals surface area contributed by atoms with Crippen molar-refractivity contribution in [3.63, 3.8) is 0 Å². The van der Waals surface area contributed by atoms with Gasteiger partial charge in [0.15, 0.2) is 14.9 Å². The number of sulfone groups is 1. The second-order valence-corrected chi connectivity index (χ2v) is 13.8. The van der Waals surface area contributed by atoms with Crippen LogP contribution in [0.4, 0.5) is 15.9 Å². The molecule has 0 radical (unpaired) electrons. The molecule has 0 aliphatic carbocycles. The molecule has 0 saturated heterocycles. The first-order chi connectivity index (χ1) is 21.8. The number of benzene rings is 3. The number of rotatable bonds is 12. The maximum Gasteiger partial charge on any atom is 0.196 e. The number of nitrogens with zero attached hydrogens (tertiary/aromatic N) is 4. The van der Waals surface area contributed by atoms with E-state index < -0.39 is 9.84 Å². The zero-order valence-electron chi connectivity index (χ0n) is 23.7. The van der Waals surface area contributed by atoms with Crippen molar-refractivity contribution in [3.8, 4) is 17.0 Å². The van der Waals surface area contributed by atoms with Gasteiger partial charge in [-0.2, -0.15) is 0 Å². The SMILES string of the molecule is O=S(=O)(CCNCc1nc(-c2ccc3ncnc(Nc4ccc(OCc5cccc(F)c5)c(Br)c4)c3c2)cs1)c1ccccn1. The van der Waals surface area contributed by atoms with Gasteiger partial charge in [-0.25, -0.2) is 32.7 Å². The Balaban J connectivity index is 1.11. The number of hydrogen-bond acceptors (Lipinski definition) is 10. The maximum atomic E-state index is 13.5. The van der Waals surface area contributed by atoms with Gasteiger partial charge in [-0.15, -0.1) is 11.3 Å². The predicted molar refractivity (Wildman–Crippen MR) is 177 cm³/mol. The van der Waals surface area contributed by atoms with Gasteiger partial charge in [-0.05, 0) is 76.1 Å². The lowest BCUT2D eigenvalue weighted by atomic mass is 10.1. The Morgan fingerprint density at radius 3 is 2.69 bits per heavy atom. The molecule has 2 N–H and O–H groups in total. The van der Waals surface area contributed by atoms with Gasteiger partial charge in [-0.3, -0.25) is 0 Å². The Hall–Kier alpha value is -4.30. The van der Waals surface area contributed by atoms with Crippen molar-refractivity contribution in [3.05, 3.63) is 118 Å². The van der Waals surface area contributed by atoms with Gasteiger partial charge >= 0.3 is 0 Å². The zero-order chi connectivity index (χ0) is 31.2. The van der Waals surface area contributed by atoms with Crippen molar-refractivity contribution in [2.45, 2.75) is 18.2 Å². The van der Waals surface area contributed by atoms with Crippen molar-refractivity contribution < 1.29 is 17.5 Å². The average molecular weight is 706 g/mol. The summed E-state index contributed by atoms with van der Waals surface area (Å²) in [5, 5.41) is 10.3. The molecule has 0 bridgehead atoms. The van der Waals surface area contributed by atoms with E-state index in [1.807, 2.05) is 47.8 Å². The first kappa shape index (κ1) is 30.7. The summed E-state index contributed by atoms with van der Waals surface area (Å²) in [4.78, 5) is 17.6. The molecule has 0 saturated carbocycles. The fourth-order valence-electron chi connectivity index (χ4n) is 4.50. The molecule has 0 fully saturated rings. The first-order valence-corrected chi connectivity index (χ1v) is 17.1. The Morgan fingerprint density at radius 2 is 1.87 bits per heavy atom. The molecule has 0 spiro atoms. The molecular weight excluding hydrogens is 679 g/mol. The third-order valence-electron chi connectivity index (χ3n) is 6.74. The highest BCUT2D eigenvalue weighted by atomic mass is 79.9. The van der Waals surface area contributed by atoms with Crippen LogP contribution in [0, 0.1) is 5.82 Å². The van der Waals surface area contributed by atoms with E-state index in [-0.39, 0.29) is 29.7 Å². The molecule has 13 heteroatoms. The van der Waals surface area contributed by atoms with Crippen LogP contribution >= 0.6 is 27.3 Å². The molecule has 45 heavy (non-hydrogen) atoms. The summed E-state index contributed by atoms with van der Waals surface area (Å²) >= 11 is 5.07. The Bertz CT molecular complexity index is 2060. The number of pyridine rings is 1. The van der Waals surface area contributed by atoms with Gasteiger partial charge < -0.3 is 15.4 Å². The fraction of sp³-hybridized carbons (Fsp3) is 0.125. The number of nitrogens with one attached hydrogen (secondary N) is 2. The lowest BCUT2D eigenvalue weighted by molar-refractivity contribution is 0.303. The molecule has 228 valence electrons. The quantitative estimate of drug-likeness (QED) is 0.131. The molecule has 3 heterocycles. The highest BCUT2D eigenvalue weighted by molar-refractivity contribution is 9.10. The van der Waals surface area contributed by atoms with Crippen LogP contribution < -0.4 is 15.4 Å². The lowest BCUT2D eigenvalue weighted by Crippen LogP contribution is -2.23. The molecule has 3 aromatic heterocycles. The van der Waals surface area contributed by atoms with Gasteiger partial charge in [0.1, 0.15) is 35.3 Å². The van der Waals surface area contributed by atoms with Crippen LogP contribution in [-0.4, -0.2) is 40.7 Å². The smallest absolute Gasteiger partial charge is 0.196 e. The Labute approximate surface area is 271 Å². The van der Waals surface area contributed by atoms with Crippen LogP contribution in [0.5, 0.6) is 5.75 Å². The van der Waals surface area contributed by atoms with Crippen LogP contribution in [0.15, 0.2) is 106 Å².